The summed E-state index contributed by atoms with van der Waals surface area (Å²) in [4.78, 5) is 23.8. The second-order valence-electron chi connectivity index (χ2n) is 5.11. The molecule has 0 saturated carbocycles. The highest BCUT2D eigenvalue weighted by molar-refractivity contribution is 5.75. The Morgan fingerprint density at radius 3 is 2.50 bits per heavy atom. The fourth-order valence-electron chi connectivity index (χ4n) is 2.19. The second-order valence-corrected chi connectivity index (χ2v) is 5.11. The Labute approximate surface area is 139 Å². The number of hydrogen-bond acceptors (Lipinski definition) is 5. The molecule has 128 valence electrons. The predicted molar refractivity (Wildman–Crippen MR) is 88.0 cm³/mol. The van der Waals surface area contributed by atoms with Crippen LogP contribution in [0, 0.1) is 0 Å². The van der Waals surface area contributed by atoms with Gasteiger partial charge in [-0.1, -0.05) is 12.1 Å². The van der Waals surface area contributed by atoms with Gasteiger partial charge in [0.1, 0.15) is 12.3 Å². The van der Waals surface area contributed by atoms with E-state index in [1.807, 2.05) is 24.3 Å². The van der Waals surface area contributed by atoms with Gasteiger partial charge in [0.15, 0.2) is 5.75 Å². The number of carbonyl (C=O) groups excluding carboxylic acids is 1. The number of aliphatic hydroxyl groups is 1. The molecule has 2 N–H and O–H groups in total. The molecule has 7 nitrogen and oxygen atoms in total. The molecule has 0 radical (unpaired) electrons. The molecule has 0 aliphatic heterocycles. The quantitative estimate of drug-likeness (QED) is 0.778. The van der Waals surface area contributed by atoms with Gasteiger partial charge >= 0.3 is 0 Å². The number of benzene rings is 1. The molecular formula is C17H20N2O5. The molecule has 0 fully saturated rings. The van der Waals surface area contributed by atoms with Crippen molar-refractivity contribution in [1.29, 1.82) is 0 Å². The second kappa shape index (κ2) is 8.16. The van der Waals surface area contributed by atoms with Crippen LogP contribution in [0.1, 0.15) is 11.3 Å². The SMILES string of the molecule is COc1ccc(CNC(=O)Cn2cc(OC)c(=O)cc2CO)cc1. The number of ether oxygens (including phenoxy) is 2. The highest BCUT2D eigenvalue weighted by Crippen LogP contribution is 2.11. The first kappa shape index (κ1) is 17.6. The normalized spacial score (nSPS) is 10.3. The first-order chi connectivity index (χ1) is 11.6. The lowest BCUT2D eigenvalue weighted by Gasteiger charge is -2.13. The molecule has 1 heterocycles. The zero-order valence-corrected chi connectivity index (χ0v) is 13.6. The summed E-state index contributed by atoms with van der Waals surface area (Å²) < 4.78 is 11.5. The van der Waals surface area contributed by atoms with Crippen LogP contribution in [0.25, 0.3) is 0 Å². The van der Waals surface area contributed by atoms with Crippen molar-refractivity contribution in [2.75, 3.05) is 14.2 Å². The van der Waals surface area contributed by atoms with E-state index in [1.165, 1.54) is 23.9 Å². The molecule has 24 heavy (non-hydrogen) atoms. The summed E-state index contributed by atoms with van der Waals surface area (Å²) in [6, 6.07) is 8.62. The monoisotopic (exact) mass is 332 g/mol. The van der Waals surface area contributed by atoms with Crippen molar-refractivity contribution in [3.05, 3.63) is 58.0 Å². The maximum Gasteiger partial charge on any atom is 0.240 e. The van der Waals surface area contributed by atoms with E-state index in [1.54, 1.807) is 7.11 Å². The van der Waals surface area contributed by atoms with Gasteiger partial charge in [-0.2, -0.15) is 0 Å². The zero-order valence-electron chi connectivity index (χ0n) is 13.6. The molecule has 0 spiro atoms. The molecule has 0 atom stereocenters. The van der Waals surface area contributed by atoms with Crippen LogP contribution in [-0.4, -0.2) is 29.8 Å². The van der Waals surface area contributed by atoms with E-state index >= 15 is 0 Å². The molecule has 1 aromatic carbocycles. The number of aliphatic hydroxyl groups excluding tert-OH is 1. The van der Waals surface area contributed by atoms with Crippen LogP contribution in [0.3, 0.4) is 0 Å². The van der Waals surface area contributed by atoms with Crippen molar-refractivity contribution in [3.8, 4) is 11.5 Å². The van der Waals surface area contributed by atoms with Gasteiger partial charge < -0.3 is 24.5 Å². The molecule has 7 heteroatoms. The number of amides is 1. The number of aromatic nitrogens is 1. The standard InChI is InChI=1S/C17H20N2O5/c1-23-14-5-3-12(4-6-14)8-18-17(22)10-19-9-16(24-2)15(21)7-13(19)11-20/h3-7,9,20H,8,10-11H2,1-2H3,(H,18,22). The Bertz CT molecular complexity index is 753. The number of hydrogen-bond donors (Lipinski definition) is 2. The molecular weight excluding hydrogens is 312 g/mol. The van der Waals surface area contributed by atoms with E-state index in [0.29, 0.717) is 12.2 Å². The van der Waals surface area contributed by atoms with Gasteiger partial charge in [-0.25, -0.2) is 0 Å². The average molecular weight is 332 g/mol. The van der Waals surface area contributed by atoms with Crippen LogP contribution >= 0.6 is 0 Å². The van der Waals surface area contributed by atoms with Gasteiger partial charge in [-0.15, -0.1) is 0 Å². The van der Waals surface area contributed by atoms with Crippen molar-refractivity contribution in [1.82, 2.24) is 9.88 Å². The zero-order chi connectivity index (χ0) is 17.5. The Hall–Kier alpha value is -2.80. The van der Waals surface area contributed by atoms with Crippen LogP contribution < -0.4 is 20.2 Å². The average Bonchev–Trinajstić information content (AvgIpc) is 2.61. The molecule has 0 saturated heterocycles. The number of carbonyl (C=O) groups is 1. The number of pyridine rings is 1. The van der Waals surface area contributed by atoms with Crippen LogP contribution in [0.15, 0.2) is 41.3 Å². The minimum Gasteiger partial charge on any atom is -0.497 e. The van der Waals surface area contributed by atoms with E-state index in [-0.39, 0.29) is 30.2 Å². The summed E-state index contributed by atoms with van der Waals surface area (Å²) in [5.74, 6) is 0.624. The van der Waals surface area contributed by atoms with E-state index in [9.17, 15) is 14.7 Å². The maximum absolute atomic E-state index is 12.1. The molecule has 2 rings (SSSR count). The first-order valence-electron chi connectivity index (χ1n) is 7.35. The molecule has 0 unspecified atom stereocenters. The van der Waals surface area contributed by atoms with E-state index in [4.69, 9.17) is 9.47 Å². The summed E-state index contributed by atoms with van der Waals surface area (Å²) >= 11 is 0. The third kappa shape index (κ3) is 4.36. The van der Waals surface area contributed by atoms with Crippen molar-refractivity contribution in [2.24, 2.45) is 0 Å². The van der Waals surface area contributed by atoms with Gasteiger partial charge in [0, 0.05) is 18.3 Å². The minimum atomic E-state index is -0.342. The first-order valence-corrected chi connectivity index (χ1v) is 7.35. The number of rotatable bonds is 7. The summed E-state index contributed by atoms with van der Waals surface area (Å²) in [6.45, 7) is 0.00228. The molecule has 1 amide bonds. The van der Waals surface area contributed by atoms with E-state index < -0.39 is 0 Å². The van der Waals surface area contributed by atoms with Gasteiger partial charge in [0.05, 0.1) is 27.0 Å². The summed E-state index contributed by atoms with van der Waals surface area (Å²) in [6.07, 6.45) is 1.42. The Morgan fingerprint density at radius 1 is 1.21 bits per heavy atom. The highest BCUT2D eigenvalue weighted by Gasteiger charge is 2.10. The number of nitrogens with one attached hydrogen (secondary N) is 1. The molecule has 0 aliphatic rings. The van der Waals surface area contributed by atoms with Crippen LogP contribution in [0.4, 0.5) is 0 Å². The van der Waals surface area contributed by atoms with Gasteiger partial charge in [-0.3, -0.25) is 9.59 Å². The van der Waals surface area contributed by atoms with Crippen molar-refractivity contribution in [2.45, 2.75) is 19.7 Å². The van der Waals surface area contributed by atoms with Gasteiger partial charge in [0.2, 0.25) is 11.3 Å². The Kier molecular flexibility index (Phi) is 5.97. The summed E-state index contributed by atoms with van der Waals surface area (Å²) in [7, 11) is 2.97. The topological polar surface area (TPSA) is 89.8 Å². The summed E-state index contributed by atoms with van der Waals surface area (Å²) in [5, 5.41) is 12.1. The fraction of sp³-hybridized carbons (Fsp3) is 0.294. The third-order valence-electron chi connectivity index (χ3n) is 3.53. The third-order valence-corrected chi connectivity index (χ3v) is 3.53. The lowest BCUT2D eigenvalue weighted by atomic mass is 10.2. The molecule has 2 aromatic rings. The van der Waals surface area contributed by atoms with E-state index in [0.717, 1.165) is 11.3 Å². The molecule has 0 aliphatic carbocycles. The van der Waals surface area contributed by atoms with Gasteiger partial charge in [0.25, 0.3) is 0 Å². The highest BCUT2D eigenvalue weighted by atomic mass is 16.5. The predicted octanol–water partition coefficient (Wildman–Crippen LogP) is 0.674. The lowest BCUT2D eigenvalue weighted by molar-refractivity contribution is -0.121. The van der Waals surface area contributed by atoms with Crippen molar-refractivity contribution in [3.63, 3.8) is 0 Å². The van der Waals surface area contributed by atoms with Crippen molar-refractivity contribution < 1.29 is 19.4 Å². The molecule has 1 aromatic heterocycles. The summed E-state index contributed by atoms with van der Waals surface area (Å²) in [5.41, 5.74) is 0.945. The smallest absolute Gasteiger partial charge is 0.240 e. The number of methoxy groups -OCH3 is 2. The van der Waals surface area contributed by atoms with E-state index in [2.05, 4.69) is 5.32 Å². The van der Waals surface area contributed by atoms with Crippen molar-refractivity contribution >= 4 is 5.91 Å². The Balaban J connectivity index is 2.02. The van der Waals surface area contributed by atoms with Crippen LogP contribution in [0.2, 0.25) is 0 Å². The Morgan fingerprint density at radius 2 is 1.92 bits per heavy atom. The lowest BCUT2D eigenvalue weighted by Crippen LogP contribution is -2.28. The maximum atomic E-state index is 12.1. The fourth-order valence-corrected chi connectivity index (χ4v) is 2.19. The largest absolute Gasteiger partial charge is 0.497 e. The van der Waals surface area contributed by atoms with Crippen LogP contribution in [0.5, 0.6) is 11.5 Å². The van der Waals surface area contributed by atoms with Gasteiger partial charge in [-0.05, 0) is 17.7 Å². The number of nitrogens with zero attached hydrogens (tertiary/aromatic N) is 1. The minimum absolute atomic E-state index is 0.0251. The molecule has 0 bridgehead atoms. The van der Waals surface area contributed by atoms with Crippen LogP contribution in [-0.2, 0) is 24.5 Å².